The quantitative estimate of drug-likeness (QED) is 0.764. The van der Waals surface area contributed by atoms with Crippen molar-refractivity contribution in [2.45, 2.75) is 19.8 Å². The summed E-state index contributed by atoms with van der Waals surface area (Å²) in [4.78, 5) is 13.8. The van der Waals surface area contributed by atoms with Gasteiger partial charge in [0.15, 0.2) is 0 Å². The van der Waals surface area contributed by atoms with E-state index in [0.717, 1.165) is 18.9 Å². The molecule has 0 saturated carbocycles. The summed E-state index contributed by atoms with van der Waals surface area (Å²) in [6.07, 6.45) is 1.66. The maximum atomic E-state index is 13.7. The number of likely N-dealkylation sites (tertiary alicyclic amines) is 1. The summed E-state index contributed by atoms with van der Waals surface area (Å²) in [5.74, 6) is -0.784. The number of piperidine rings is 1. The first kappa shape index (κ1) is 14.3. The van der Waals surface area contributed by atoms with Gasteiger partial charge in [0.1, 0.15) is 11.6 Å². The number of amides is 1. The molecule has 1 fully saturated rings. The predicted octanol–water partition coefficient (Wildman–Crippen LogP) is 3.36. The van der Waals surface area contributed by atoms with Crippen LogP contribution in [0, 0.1) is 24.5 Å². The van der Waals surface area contributed by atoms with Crippen molar-refractivity contribution >= 4 is 17.5 Å². The molecule has 104 valence electrons. The zero-order chi connectivity index (χ0) is 14.0. The third kappa shape index (κ3) is 3.06. The highest BCUT2D eigenvalue weighted by molar-refractivity contribution is 6.18. The number of aryl methyl sites for hydroxylation is 1. The van der Waals surface area contributed by atoms with Crippen molar-refractivity contribution in [3.63, 3.8) is 0 Å². The van der Waals surface area contributed by atoms with Crippen LogP contribution in [-0.4, -0.2) is 29.8 Å². The normalized spacial score (nSPS) is 16.7. The van der Waals surface area contributed by atoms with E-state index in [-0.39, 0.29) is 17.0 Å². The molecule has 1 aliphatic heterocycles. The van der Waals surface area contributed by atoms with E-state index in [1.165, 1.54) is 13.0 Å². The Morgan fingerprint density at radius 3 is 2.53 bits per heavy atom. The van der Waals surface area contributed by atoms with Crippen LogP contribution >= 0.6 is 11.6 Å². The molecule has 19 heavy (non-hydrogen) atoms. The van der Waals surface area contributed by atoms with Crippen LogP contribution in [0.15, 0.2) is 12.1 Å². The number of carbonyl (C=O) groups is 1. The van der Waals surface area contributed by atoms with Gasteiger partial charge in [-0.05, 0) is 37.3 Å². The van der Waals surface area contributed by atoms with Crippen molar-refractivity contribution < 1.29 is 13.6 Å². The number of hydrogen-bond donors (Lipinski definition) is 0. The highest BCUT2D eigenvalue weighted by Crippen LogP contribution is 2.22. The molecule has 1 amide bonds. The van der Waals surface area contributed by atoms with Crippen LogP contribution in [0.2, 0.25) is 0 Å². The number of benzene rings is 1. The van der Waals surface area contributed by atoms with Gasteiger partial charge in [-0.15, -0.1) is 11.6 Å². The number of hydrogen-bond acceptors (Lipinski definition) is 1. The van der Waals surface area contributed by atoms with Gasteiger partial charge in [0.2, 0.25) is 0 Å². The third-order valence-corrected chi connectivity index (χ3v) is 4.04. The number of carbonyl (C=O) groups excluding carboxylic acids is 1. The number of nitrogens with zero attached hydrogens (tertiary/aromatic N) is 1. The van der Waals surface area contributed by atoms with Gasteiger partial charge in [-0.3, -0.25) is 4.79 Å². The molecule has 0 radical (unpaired) electrons. The Morgan fingerprint density at radius 2 is 1.95 bits per heavy atom. The maximum absolute atomic E-state index is 13.7. The molecule has 0 bridgehead atoms. The lowest BCUT2D eigenvalue weighted by Gasteiger charge is -2.31. The van der Waals surface area contributed by atoms with Crippen molar-refractivity contribution in [1.82, 2.24) is 4.90 Å². The molecule has 1 aromatic rings. The molecular weight excluding hydrogens is 272 g/mol. The molecule has 1 aromatic carbocycles. The second-order valence-electron chi connectivity index (χ2n) is 4.97. The van der Waals surface area contributed by atoms with Crippen molar-refractivity contribution in [3.8, 4) is 0 Å². The molecule has 0 unspecified atom stereocenters. The Bertz CT molecular complexity index is 485. The van der Waals surface area contributed by atoms with Gasteiger partial charge in [-0.1, -0.05) is 0 Å². The minimum absolute atomic E-state index is 0.0526. The molecule has 2 nitrogen and oxygen atoms in total. The summed E-state index contributed by atoms with van der Waals surface area (Å²) >= 11 is 5.78. The average Bonchev–Trinajstić information content (AvgIpc) is 2.42. The van der Waals surface area contributed by atoms with Gasteiger partial charge in [0.25, 0.3) is 5.91 Å². The van der Waals surface area contributed by atoms with Gasteiger partial charge in [-0.2, -0.15) is 0 Å². The monoisotopic (exact) mass is 287 g/mol. The van der Waals surface area contributed by atoms with Gasteiger partial charge in [-0.25, -0.2) is 8.78 Å². The zero-order valence-corrected chi connectivity index (χ0v) is 11.5. The lowest BCUT2D eigenvalue weighted by Crippen LogP contribution is -2.39. The summed E-state index contributed by atoms with van der Waals surface area (Å²) < 4.78 is 26.9. The van der Waals surface area contributed by atoms with E-state index in [1.54, 1.807) is 4.90 Å². The smallest absolute Gasteiger partial charge is 0.256 e. The minimum Gasteiger partial charge on any atom is -0.339 e. The van der Waals surface area contributed by atoms with Crippen molar-refractivity contribution in [2.24, 2.45) is 5.92 Å². The first-order valence-electron chi connectivity index (χ1n) is 6.33. The fourth-order valence-corrected chi connectivity index (χ4v) is 2.59. The molecule has 5 heteroatoms. The summed E-state index contributed by atoms with van der Waals surface area (Å²) in [7, 11) is 0. The molecular formula is C14H16ClF2NO. The predicted molar refractivity (Wildman–Crippen MR) is 70.4 cm³/mol. The Hall–Kier alpha value is -1.16. The van der Waals surface area contributed by atoms with Crippen LogP contribution < -0.4 is 0 Å². The lowest BCUT2D eigenvalue weighted by molar-refractivity contribution is 0.0693. The van der Waals surface area contributed by atoms with Crippen LogP contribution in [0.5, 0.6) is 0 Å². The summed E-state index contributed by atoms with van der Waals surface area (Å²) in [5, 5.41) is 0. The molecule has 0 aliphatic carbocycles. The Kier molecular flexibility index (Phi) is 4.40. The van der Waals surface area contributed by atoms with Crippen LogP contribution in [0.1, 0.15) is 28.8 Å². The molecule has 1 aliphatic rings. The second kappa shape index (κ2) is 5.87. The third-order valence-electron chi connectivity index (χ3n) is 3.60. The van der Waals surface area contributed by atoms with E-state index in [4.69, 9.17) is 11.6 Å². The largest absolute Gasteiger partial charge is 0.339 e. The van der Waals surface area contributed by atoms with Crippen LogP contribution in [0.4, 0.5) is 8.78 Å². The first-order chi connectivity index (χ1) is 9.02. The van der Waals surface area contributed by atoms with E-state index >= 15 is 0 Å². The summed E-state index contributed by atoms with van der Waals surface area (Å²) in [6.45, 7) is 2.67. The average molecular weight is 288 g/mol. The Labute approximate surface area is 116 Å². The number of alkyl halides is 1. The fourth-order valence-electron chi connectivity index (χ4n) is 2.28. The van der Waals surface area contributed by atoms with Crippen LogP contribution in [0.25, 0.3) is 0 Å². The second-order valence-corrected chi connectivity index (χ2v) is 5.28. The van der Waals surface area contributed by atoms with E-state index in [2.05, 4.69) is 0 Å². The lowest BCUT2D eigenvalue weighted by atomic mass is 9.98. The standard InChI is InChI=1S/C14H16ClF2NO/c1-9-6-11(13(17)7-12(9)16)14(19)18-4-2-10(8-15)3-5-18/h6-7,10H,2-5,8H2,1H3. The van der Waals surface area contributed by atoms with E-state index in [1.807, 2.05) is 0 Å². The molecule has 0 N–H and O–H groups in total. The van der Waals surface area contributed by atoms with Gasteiger partial charge in [0.05, 0.1) is 5.56 Å². The number of halogens is 3. The van der Waals surface area contributed by atoms with Crippen LogP contribution in [0.3, 0.4) is 0 Å². The number of rotatable bonds is 2. The van der Waals surface area contributed by atoms with E-state index < -0.39 is 11.6 Å². The Balaban J connectivity index is 2.14. The highest BCUT2D eigenvalue weighted by atomic mass is 35.5. The molecule has 2 rings (SSSR count). The van der Waals surface area contributed by atoms with Gasteiger partial charge < -0.3 is 4.90 Å². The fraction of sp³-hybridized carbons (Fsp3) is 0.500. The van der Waals surface area contributed by atoms with Gasteiger partial charge >= 0.3 is 0 Å². The van der Waals surface area contributed by atoms with E-state index in [9.17, 15) is 13.6 Å². The van der Waals surface area contributed by atoms with Crippen LogP contribution in [-0.2, 0) is 0 Å². The van der Waals surface area contributed by atoms with Crippen molar-refractivity contribution in [2.75, 3.05) is 19.0 Å². The molecule has 1 heterocycles. The molecule has 0 aromatic heterocycles. The topological polar surface area (TPSA) is 20.3 Å². The van der Waals surface area contributed by atoms with E-state index in [0.29, 0.717) is 24.9 Å². The van der Waals surface area contributed by atoms with Gasteiger partial charge in [0, 0.05) is 25.0 Å². The summed E-state index contributed by atoms with van der Waals surface area (Å²) in [5.41, 5.74) is 0.226. The summed E-state index contributed by atoms with van der Waals surface area (Å²) in [6, 6.07) is 2.05. The zero-order valence-electron chi connectivity index (χ0n) is 10.8. The Morgan fingerprint density at radius 1 is 1.32 bits per heavy atom. The highest BCUT2D eigenvalue weighted by Gasteiger charge is 2.25. The first-order valence-corrected chi connectivity index (χ1v) is 6.87. The molecule has 0 atom stereocenters. The van der Waals surface area contributed by atoms with Crippen molar-refractivity contribution in [3.05, 3.63) is 34.9 Å². The molecule has 1 saturated heterocycles. The SMILES string of the molecule is Cc1cc(C(=O)N2CCC(CCl)CC2)c(F)cc1F. The maximum Gasteiger partial charge on any atom is 0.256 e. The molecule has 0 spiro atoms. The minimum atomic E-state index is -0.799. The van der Waals surface area contributed by atoms with Crippen molar-refractivity contribution in [1.29, 1.82) is 0 Å².